The van der Waals surface area contributed by atoms with Crippen molar-refractivity contribution < 1.29 is 14.4 Å². The summed E-state index contributed by atoms with van der Waals surface area (Å²) >= 11 is 1.62. The van der Waals surface area contributed by atoms with E-state index in [1.54, 1.807) is 35.0 Å². The van der Waals surface area contributed by atoms with Crippen LogP contribution in [0.3, 0.4) is 0 Å². The van der Waals surface area contributed by atoms with Crippen molar-refractivity contribution in [3.05, 3.63) is 84.6 Å². The van der Waals surface area contributed by atoms with E-state index in [4.69, 9.17) is 0 Å². The number of rotatable bonds is 5. The number of pyridine rings is 2. The zero-order valence-electron chi connectivity index (χ0n) is 19.5. The Bertz CT molecular complexity index is 1440. The minimum atomic E-state index is -0.573. The number of fused-ring (bicyclic) bond motifs is 1. The van der Waals surface area contributed by atoms with Gasteiger partial charge < -0.3 is 4.90 Å². The summed E-state index contributed by atoms with van der Waals surface area (Å²) in [5.41, 5.74) is 7.95. The first-order valence-electron chi connectivity index (χ1n) is 11.4. The third kappa shape index (κ3) is 4.78. The van der Waals surface area contributed by atoms with Crippen molar-refractivity contribution in [2.45, 2.75) is 11.3 Å². The number of carbonyl (C=O) groups is 3. The molecule has 3 amide bonds. The number of aromatic nitrogens is 2. The molecule has 1 aliphatic rings. The van der Waals surface area contributed by atoms with Crippen molar-refractivity contribution in [1.29, 1.82) is 0 Å². The van der Waals surface area contributed by atoms with Crippen LogP contribution in [0.15, 0.2) is 83.9 Å². The summed E-state index contributed by atoms with van der Waals surface area (Å²) in [6.07, 6.45) is 3.72. The zero-order valence-corrected chi connectivity index (χ0v) is 20.3. The normalized spacial score (nSPS) is 15.2. The summed E-state index contributed by atoms with van der Waals surface area (Å²) < 4.78 is 0. The summed E-state index contributed by atoms with van der Waals surface area (Å²) in [6, 6.07) is 22.1. The van der Waals surface area contributed by atoms with E-state index in [1.807, 2.05) is 66.9 Å². The molecular formula is C27H23N5O3S. The van der Waals surface area contributed by atoms with Crippen LogP contribution in [0.25, 0.3) is 22.3 Å². The lowest BCUT2D eigenvalue weighted by Gasteiger charge is -2.17. The van der Waals surface area contributed by atoms with Gasteiger partial charge in [0.2, 0.25) is 11.8 Å². The number of nitrogens with one attached hydrogen (secondary N) is 2. The number of carbonyl (C=O) groups excluding carboxylic acids is 3. The van der Waals surface area contributed by atoms with Gasteiger partial charge in [-0.2, -0.15) is 0 Å². The lowest BCUT2D eigenvalue weighted by molar-refractivity contribution is -0.126. The molecule has 0 spiro atoms. The number of amides is 3. The van der Waals surface area contributed by atoms with Crippen molar-refractivity contribution >= 4 is 46.1 Å². The van der Waals surface area contributed by atoms with Crippen molar-refractivity contribution in [1.82, 2.24) is 20.8 Å². The third-order valence-corrected chi connectivity index (χ3v) is 6.81. The number of hydrogen-bond acceptors (Lipinski definition) is 6. The minimum absolute atomic E-state index is 0.0774. The molecule has 0 bridgehead atoms. The second-order valence-corrected chi connectivity index (χ2v) is 9.21. The Balaban J connectivity index is 1.30. The van der Waals surface area contributed by atoms with Crippen LogP contribution in [0.5, 0.6) is 0 Å². The van der Waals surface area contributed by atoms with E-state index >= 15 is 0 Å². The maximum absolute atomic E-state index is 13.1. The van der Waals surface area contributed by atoms with E-state index < -0.39 is 17.7 Å². The molecule has 2 aromatic heterocycles. The highest BCUT2D eigenvalue weighted by atomic mass is 32.2. The van der Waals surface area contributed by atoms with Gasteiger partial charge in [0, 0.05) is 35.1 Å². The summed E-state index contributed by atoms with van der Waals surface area (Å²) in [6.45, 7) is 0.251. The Hall–Kier alpha value is -4.24. The number of benzene rings is 2. The van der Waals surface area contributed by atoms with Crippen LogP contribution in [0.4, 0.5) is 5.69 Å². The van der Waals surface area contributed by atoms with Crippen molar-refractivity contribution in [2.24, 2.45) is 5.92 Å². The predicted molar refractivity (Wildman–Crippen MR) is 139 cm³/mol. The van der Waals surface area contributed by atoms with Crippen LogP contribution in [0.2, 0.25) is 0 Å². The molecule has 2 aromatic carbocycles. The average molecular weight is 498 g/mol. The Morgan fingerprint density at radius 3 is 2.50 bits per heavy atom. The van der Waals surface area contributed by atoms with Crippen LogP contribution in [-0.2, 0) is 9.59 Å². The molecule has 1 aliphatic heterocycles. The van der Waals surface area contributed by atoms with Gasteiger partial charge in [-0.25, -0.2) is 4.98 Å². The van der Waals surface area contributed by atoms with E-state index in [0.29, 0.717) is 27.9 Å². The summed E-state index contributed by atoms with van der Waals surface area (Å²) in [5.74, 6) is -1.59. The fourth-order valence-corrected chi connectivity index (χ4v) is 4.60. The summed E-state index contributed by atoms with van der Waals surface area (Å²) in [4.78, 5) is 50.2. The Morgan fingerprint density at radius 1 is 0.972 bits per heavy atom. The van der Waals surface area contributed by atoms with Gasteiger partial charge >= 0.3 is 0 Å². The van der Waals surface area contributed by atoms with Crippen molar-refractivity contribution in [2.75, 3.05) is 17.7 Å². The predicted octanol–water partition coefficient (Wildman–Crippen LogP) is 3.83. The molecule has 4 aromatic rings. The number of para-hydroxylation sites is 1. The quantitative estimate of drug-likeness (QED) is 0.321. The molecular weight excluding hydrogens is 474 g/mol. The monoisotopic (exact) mass is 497 g/mol. The van der Waals surface area contributed by atoms with Gasteiger partial charge in [-0.1, -0.05) is 24.3 Å². The van der Waals surface area contributed by atoms with E-state index in [1.165, 1.54) is 0 Å². The molecule has 5 rings (SSSR count). The molecule has 0 radical (unpaired) electrons. The molecule has 1 saturated heterocycles. The fraction of sp³-hybridized carbons (Fsp3) is 0.148. The molecule has 0 saturated carbocycles. The van der Waals surface area contributed by atoms with Gasteiger partial charge in [-0.15, -0.1) is 11.8 Å². The highest BCUT2D eigenvalue weighted by Crippen LogP contribution is 2.27. The van der Waals surface area contributed by atoms with Crippen LogP contribution in [0, 0.1) is 5.92 Å². The SMILES string of the molecule is CSc1ccc(N2CC(C(=O)NNC(=O)c3cc(-c4ccccn4)nc4ccccc34)CC2=O)cc1. The maximum atomic E-state index is 13.1. The lowest BCUT2D eigenvalue weighted by Crippen LogP contribution is -2.45. The lowest BCUT2D eigenvalue weighted by atomic mass is 10.1. The molecule has 36 heavy (non-hydrogen) atoms. The first-order valence-corrected chi connectivity index (χ1v) is 12.6. The molecule has 1 atom stereocenters. The van der Waals surface area contributed by atoms with Gasteiger partial charge in [0.15, 0.2) is 0 Å². The van der Waals surface area contributed by atoms with Crippen LogP contribution < -0.4 is 15.8 Å². The number of hydrogen-bond donors (Lipinski definition) is 2. The van der Waals surface area contributed by atoms with Crippen LogP contribution >= 0.6 is 11.8 Å². The fourth-order valence-electron chi connectivity index (χ4n) is 4.19. The highest BCUT2D eigenvalue weighted by Gasteiger charge is 2.35. The minimum Gasteiger partial charge on any atom is -0.312 e. The maximum Gasteiger partial charge on any atom is 0.270 e. The summed E-state index contributed by atoms with van der Waals surface area (Å²) in [5, 5.41) is 0.653. The second kappa shape index (κ2) is 10.2. The molecule has 0 aliphatic carbocycles. The van der Waals surface area contributed by atoms with Crippen molar-refractivity contribution in [3.8, 4) is 11.4 Å². The molecule has 180 valence electrons. The molecule has 3 heterocycles. The molecule has 1 fully saturated rings. The van der Waals surface area contributed by atoms with Crippen LogP contribution in [0.1, 0.15) is 16.8 Å². The number of anilines is 1. The standard InChI is InChI=1S/C27H23N5O3S/c1-36-19-11-9-18(10-12-19)32-16-17(14-25(32)33)26(34)30-31-27(35)21-15-24(23-8-4-5-13-28-23)29-22-7-3-2-6-20(21)22/h2-13,15,17H,14,16H2,1H3,(H,30,34)(H,31,35). The number of nitrogens with zero attached hydrogens (tertiary/aromatic N) is 3. The van der Waals surface area contributed by atoms with E-state index in [0.717, 1.165) is 10.6 Å². The van der Waals surface area contributed by atoms with Gasteiger partial charge in [0.25, 0.3) is 5.91 Å². The average Bonchev–Trinajstić information content (AvgIpc) is 3.33. The highest BCUT2D eigenvalue weighted by molar-refractivity contribution is 7.98. The Labute approximate surface area is 212 Å². The topological polar surface area (TPSA) is 104 Å². The van der Waals surface area contributed by atoms with Gasteiger partial charge in [-0.05, 0) is 54.8 Å². The number of hydrazine groups is 1. The Kier molecular flexibility index (Phi) is 6.64. The largest absolute Gasteiger partial charge is 0.312 e. The first-order chi connectivity index (χ1) is 17.5. The number of thioether (sulfide) groups is 1. The summed E-state index contributed by atoms with van der Waals surface area (Å²) in [7, 11) is 0. The molecule has 1 unspecified atom stereocenters. The first kappa shape index (κ1) is 23.5. The van der Waals surface area contributed by atoms with Gasteiger partial charge in [-0.3, -0.25) is 30.2 Å². The molecule has 2 N–H and O–H groups in total. The molecule has 9 heteroatoms. The second-order valence-electron chi connectivity index (χ2n) is 8.33. The smallest absolute Gasteiger partial charge is 0.270 e. The van der Waals surface area contributed by atoms with Crippen molar-refractivity contribution in [3.63, 3.8) is 0 Å². The van der Waals surface area contributed by atoms with E-state index in [-0.39, 0.29) is 18.9 Å². The van der Waals surface area contributed by atoms with Gasteiger partial charge in [0.05, 0.1) is 28.4 Å². The Morgan fingerprint density at radius 2 is 1.75 bits per heavy atom. The zero-order chi connectivity index (χ0) is 25.1. The van der Waals surface area contributed by atoms with E-state index in [9.17, 15) is 14.4 Å². The van der Waals surface area contributed by atoms with Gasteiger partial charge in [0.1, 0.15) is 0 Å². The third-order valence-electron chi connectivity index (χ3n) is 6.07. The molecule has 8 nitrogen and oxygen atoms in total. The van der Waals surface area contributed by atoms with Crippen LogP contribution in [-0.4, -0.2) is 40.5 Å². The van der Waals surface area contributed by atoms with E-state index in [2.05, 4.69) is 20.8 Å².